The van der Waals surface area contributed by atoms with Gasteiger partial charge in [-0.3, -0.25) is 0 Å². The molecular weight excluding hydrogens is 284 g/mol. The van der Waals surface area contributed by atoms with Crippen LogP contribution in [0.2, 0.25) is 5.02 Å². The fourth-order valence-electron chi connectivity index (χ4n) is 1.88. The number of hydrogen-bond donors (Lipinski definition) is 1. The van der Waals surface area contributed by atoms with Crippen LogP contribution in [0, 0.1) is 13.8 Å². The first-order valence-electron chi connectivity index (χ1n) is 7.08. The molecule has 0 radical (unpaired) electrons. The molecule has 1 heterocycles. The van der Waals surface area contributed by atoms with E-state index in [4.69, 9.17) is 16.3 Å². The normalized spacial score (nSPS) is 11.0. The molecule has 0 aliphatic rings. The van der Waals surface area contributed by atoms with Gasteiger partial charge in [-0.1, -0.05) is 37.6 Å². The van der Waals surface area contributed by atoms with Crippen LogP contribution in [0.25, 0.3) is 0 Å². The molecule has 1 N–H and O–H groups in total. The monoisotopic (exact) mass is 304 g/mol. The summed E-state index contributed by atoms with van der Waals surface area (Å²) in [6.45, 7) is 8.99. The predicted octanol–water partition coefficient (Wildman–Crippen LogP) is 4.64. The average molecular weight is 305 g/mol. The van der Waals surface area contributed by atoms with Crippen LogP contribution >= 0.6 is 11.6 Å². The smallest absolute Gasteiger partial charge is 0.238 e. The molecule has 0 saturated carbocycles. The lowest BCUT2D eigenvalue weighted by molar-refractivity contribution is 0.458. The maximum atomic E-state index is 6.27. The summed E-state index contributed by atoms with van der Waals surface area (Å²) in [5.74, 6) is 1.23. The van der Waals surface area contributed by atoms with Crippen molar-refractivity contribution >= 4 is 11.6 Å². The Labute approximate surface area is 131 Å². The predicted molar refractivity (Wildman–Crippen MR) is 87.2 cm³/mol. The molecule has 0 amide bonds. The minimum Gasteiger partial charge on any atom is -0.437 e. The molecule has 4 heteroatoms. The highest BCUT2D eigenvalue weighted by atomic mass is 35.5. The van der Waals surface area contributed by atoms with Crippen LogP contribution in [-0.4, -0.2) is 11.0 Å². The molecule has 0 aliphatic carbocycles. The van der Waals surface area contributed by atoms with Crippen molar-refractivity contribution < 1.29 is 4.74 Å². The summed E-state index contributed by atoms with van der Waals surface area (Å²) in [4.78, 5) is 4.33. The SMILES string of the molecule is Cc1ccc(C)c(Oc2ncc(CNC(C)C)cc2Cl)c1. The van der Waals surface area contributed by atoms with E-state index in [2.05, 4.69) is 30.2 Å². The second kappa shape index (κ2) is 6.92. The Balaban J connectivity index is 2.15. The van der Waals surface area contributed by atoms with Crippen molar-refractivity contribution in [1.29, 1.82) is 0 Å². The van der Waals surface area contributed by atoms with E-state index in [0.29, 0.717) is 16.9 Å². The standard InChI is InChI=1S/C17H21ClN2O/c1-11(2)19-9-14-8-15(18)17(20-10-14)21-16-7-12(3)5-6-13(16)4/h5-8,10-11,19H,9H2,1-4H3. The topological polar surface area (TPSA) is 34.1 Å². The minimum absolute atomic E-state index is 0.426. The molecule has 2 rings (SSSR count). The zero-order valence-corrected chi connectivity index (χ0v) is 13.7. The van der Waals surface area contributed by atoms with Crippen molar-refractivity contribution in [2.24, 2.45) is 0 Å². The molecule has 0 unspecified atom stereocenters. The zero-order valence-electron chi connectivity index (χ0n) is 12.9. The van der Waals surface area contributed by atoms with Gasteiger partial charge in [-0.15, -0.1) is 0 Å². The average Bonchev–Trinajstić information content (AvgIpc) is 2.43. The Bertz CT molecular complexity index is 626. The second-order valence-electron chi connectivity index (χ2n) is 5.54. The van der Waals surface area contributed by atoms with Crippen molar-refractivity contribution in [3.63, 3.8) is 0 Å². The number of pyridine rings is 1. The Morgan fingerprint density at radius 2 is 2.00 bits per heavy atom. The third kappa shape index (κ3) is 4.45. The van der Waals surface area contributed by atoms with Gasteiger partial charge >= 0.3 is 0 Å². The summed E-state index contributed by atoms with van der Waals surface area (Å²) in [6, 6.07) is 8.39. The number of hydrogen-bond acceptors (Lipinski definition) is 3. The van der Waals surface area contributed by atoms with Gasteiger partial charge in [-0.2, -0.15) is 0 Å². The van der Waals surface area contributed by atoms with Gasteiger partial charge < -0.3 is 10.1 Å². The molecule has 0 fully saturated rings. The first-order chi connectivity index (χ1) is 9.95. The van der Waals surface area contributed by atoms with Gasteiger partial charge in [-0.05, 0) is 42.7 Å². The Morgan fingerprint density at radius 1 is 1.24 bits per heavy atom. The summed E-state index contributed by atoms with van der Waals surface area (Å²) < 4.78 is 5.84. The lowest BCUT2D eigenvalue weighted by atomic mass is 10.1. The van der Waals surface area contributed by atoms with E-state index < -0.39 is 0 Å². The molecule has 112 valence electrons. The Hall–Kier alpha value is -1.58. The van der Waals surface area contributed by atoms with Gasteiger partial charge in [0.1, 0.15) is 10.8 Å². The number of ether oxygens (including phenoxy) is 1. The highest BCUT2D eigenvalue weighted by molar-refractivity contribution is 6.31. The summed E-state index contributed by atoms with van der Waals surface area (Å²) in [7, 11) is 0. The van der Waals surface area contributed by atoms with Crippen LogP contribution in [0.15, 0.2) is 30.5 Å². The number of benzene rings is 1. The Kier molecular flexibility index (Phi) is 5.21. The third-order valence-corrected chi connectivity index (χ3v) is 3.40. The highest BCUT2D eigenvalue weighted by Crippen LogP contribution is 2.30. The summed E-state index contributed by atoms with van der Waals surface area (Å²) in [5, 5.41) is 3.86. The zero-order chi connectivity index (χ0) is 15.4. The van der Waals surface area contributed by atoms with Gasteiger partial charge in [0.15, 0.2) is 0 Å². The number of nitrogens with one attached hydrogen (secondary N) is 1. The maximum Gasteiger partial charge on any atom is 0.238 e. The molecular formula is C17H21ClN2O. The van der Waals surface area contributed by atoms with Gasteiger partial charge in [0, 0.05) is 18.8 Å². The molecule has 1 aromatic heterocycles. The Morgan fingerprint density at radius 3 is 2.67 bits per heavy atom. The van der Waals surface area contributed by atoms with E-state index in [-0.39, 0.29) is 0 Å². The fourth-order valence-corrected chi connectivity index (χ4v) is 2.11. The fraction of sp³-hybridized carbons (Fsp3) is 0.353. The van der Waals surface area contributed by atoms with E-state index >= 15 is 0 Å². The molecule has 21 heavy (non-hydrogen) atoms. The molecule has 0 aliphatic heterocycles. The van der Waals surface area contributed by atoms with E-state index in [9.17, 15) is 0 Å². The first-order valence-corrected chi connectivity index (χ1v) is 7.46. The van der Waals surface area contributed by atoms with Crippen LogP contribution in [0.5, 0.6) is 11.6 Å². The summed E-state index contributed by atoms with van der Waals surface area (Å²) in [5.41, 5.74) is 3.25. The van der Waals surface area contributed by atoms with E-state index in [1.165, 1.54) is 0 Å². The summed E-state index contributed by atoms with van der Waals surface area (Å²) >= 11 is 6.27. The van der Waals surface area contributed by atoms with Crippen LogP contribution in [0.3, 0.4) is 0 Å². The molecule has 3 nitrogen and oxygen atoms in total. The van der Waals surface area contributed by atoms with Gasteiger partial charge in [0.2, 0.25) is 5.88 Å². The lowest BCUT2D eigenvalue weighted by Crippen LogP contribution is -2.21. The van der Waals surface area contributed by atoms with Crippen molar-refractivity contribution in [2.75, 3.05) is 0 Å². The van der Waals surface area contributed by atoms with Gasteiger partial charge in [0.05, 0.1) is 0 Å². The van der Waals surface area contributed by atoms with Crippen LogP contribution in [0.4, 0.5) is 0 Å². The third-order valence-electron chi connectivity index (χ3n) is 3.13. The number of aromatic nitrogens is 1. The number of aryl methyl sites for hydroxylation is 2. The van der Waals surface area contributed by atoms with Gasteiger partial charge in [-0.25, -0.2) is 4.98 Å². The van der Waals surface area contributed by atoms with Crippen LogP contribution < -0.4 is 10.1 Å². The molecule has 0 bridgehead atoms. The molecule has 0 saturated heterocycles. The van der Waals surface area contributed by atoms with Crippen molar-refractivity contribution in [2.45, 2.75) is 40.3 Å². The van der Waals surface area contributed by atoms with E-state index in [0.717, 1.165) is 29.0 Å². The van der Waals surface area contributed by atoms with Crippen LogP contribution in [0.1, 0.15) is 30.5 Å². The number of rotatable bonds is 5. The lowest BCUT2D eigenvalue weighted by Gasteiger charge is -2.12. The molecule has 0 spiro atoms. The molecule has 1 aromatic carbocycles. The second-order valence-corrected chi connectivity index (χ2v) is 5.94. The van der Waals surface area contributed by atoms with Crippen molar-refractivity contribution in [3.8, 4) is 11.6 Å². The van der Waals surface area contributed by atoms with Crippen molar-refractivity contribution in [3.05, 3.63) is 52.2 Å². The summed E-state index contributed by atoms with van der Waals surface area (Å²) in [6.07, 6.45) is 1.79. The van der Waals surface area contributed by atoms with Crippen LogP contribution in [-0.2, 0) is 6.54 Å². The molecule has 2 aromatic rings. The molecule has 0 atom stereocenters. The quantitative estimate of drug-likeness (QED) is 0.873. The highest BCUT2D eigenvalue weighted by Gasteiger charge is 2.08. The van der Waals surface area contributed by atoms with E-state index in [1.54, 1.807) is 6.20 Å². The van der Waals surface area contributed by atoms with Gasteiger partial charge in [0.25, 0.3) is 0 Å². The van der Waals surface area contributed by atoms with Crippen molar-refractivity contribution in [1.82, 2.24) is 10.3 Å². The number of halogens is 1. The minimum atomic E-state index is 0.426. The first kappa shape index (κ1) is 15.8. The maximum absolute atomic E-state index is 6.27. The largest absolute Gasteiger partial charge is 0.437 e. The van der Waals surface area contributed by atoms with E-state index in [1.807, 2.05) is 32.0 Å². The number of nitrogens with zero attached hydrogens (tertiary/aromatic N) is 1.